The summed E-state index contributed by atoms with van der Waals surface area (Å²) in [7, 11) is 1.59. The van der Waals surface area contributed by atoms with Gasteiger partial charge in [0.2, 0.25) is 5.91 Å². The van der Waals surface area contributed by atoms with Gasteiger partial charge >= 0.3 is 6.18 Å². The van der Waals surface area contributed by atoms with Crippen LogP contribution in [0.2, 0.25) is 0 Å². The number of nitrogens with one attached hydrogen (secondary N) is 1. The Labute approximate surface area is 140 Å². The van der Waals surface area contributed by atoms with E-state index in [1.165, 1.54) is 6.07 Å². The molecule has 134 valence electrons. The highest BCUT2D eigenvalue weighted by molar-refractivity contribution is 5.88. The Balaban J connectivity index is 2.26. The van der Waals surface area contributed by atoms with Crippen molar-refractivity contribution in [3.63, 3.8) is 0 Å². The van der Waals surface area contributed by atoms with Crippen molar-refractivity contribution in [3.8, 4) is 0 Å². The number of ether oxygens (including phenoxy) is 1. The number of rotatable bonds is 6. The van der Waals surface area contributed by atoms with Crippen molar-refractivity contribution >= 4 is 5.91 Å². The Kier molecular flexibility index (Phi) is 5.91. The largest absolute Gasteiger partial charge is 0.416 e. The lowest BCUT2D eigenvalue weighted by atomic mass is 9.77. The van der Waals surface area contributed by atoms with E-state index in [4.69, 9.17) is 4.74 Å². The Morgan fingerprint density at radius 2 is 2.00 bits per heavy atom. The van der Waals surface area contributed by atoms with Crippen LogP contribution in [0.1, 0.15) is 50.2 Å². The number of methoxy groups -OCH3 is 1. The molecule has 0 aromatic heterocycles. The van der Waals surface area contributed by atoms with Crippen LogP contribution in [0, 0.1) is 0 Å². The molecule has 24 heavy (non-hydrogen) atoms. The number of hydrogen-bond donors (Lipinski definition) is 1. The van der Waals surface area contributed by atoms with Gasteiger partial charge in [0.1, 0.15) is 0 Å². The number of amides is 1. The first kappa shape index (κ1) is 18.8. The maximum absolute atomic E-state index is 13.0. The third-order valence-electron chi connectivity index (χ3n) is 4.77. The molecule has 1 amide bonds. The molecule has 1 aromatic rings. The number of halogens is 3. The van der Waals surface area contributed by atoms with Gasteiger partial charge in [-0.05, 0) is 37.8 Å². The summed E-state index contributed by atoms with van der Waals surface area (Å²) < 4.78 is 44.1. The van der Waals surface area contributed by atoms with Crippen LogP contribution in [-0.4, -0.2) is 25.7 Å². The van der Waals surface area contributed by atoms with E-state index < -0.39 is 17.2 Å². The molecule has 0 unspecified atom stereocenters. The Hall–Kier alpha value is -1.56. The van der Waals surface area contributed by atoms with Gasteiger partial charge in [0.25, 0.3) is 0 Å². The first-order valence-electron chi connectivity index (χ1n) is 8.27. The minimum atomic E-state index is -4.40. The quantitative estimate of drug-likeness (QED) is 0.846. The number of carbonyl (C=O) groups is 1. The summed E-state index contributed by atoms with van der Waals surface area (Å²) in [6, 6.07) is 5.12. The third-order valence-corrected chi connectivity index (χ3v) is 4.77. The molecule has 0 saturated heterocycles. The van der Waals surface area contributed by atoms with Gasteiger partial charge in [-0.1, -0.05) is 31.0 Å². The van der Waals surface area contributed by atoms with Crippen molar-refractivity contribution in [1.29, 1.82) is 0 Å². The zero-order valence-corrected chi connectivity index (χ0v) is 14.1. The minimum Gasteiger partial charge on any atom is -0.385 e. The lowest BCUT2D eigenvalue weighted by Gasteiger charge is -2.30. The summed E-state index contributed by atoms with van der Waals surface area (Å²) >= 11 is 0. The van der Waals surface area contributed by atoms with Crippen molar-refractivity contribution < 1.29 is 22.7 Å². The SMILES string of the molecule is COCC[C@H](C)NC(=O)C1(c2cccc(C(F)(F)F)c2)CCCC1. The predicted octanol–water partition coefficient (Wildman–Crippen LogP) is 4.06. The van der Waals surface area contributed by atoms with E-state index in [1.54, 1.807) is 13.2 Å². The molecule has 6 heteroatoms. The molecule has 2 rings (SSSR count). The topological polar surface area (TPSA) is 38.3 Å². The molecule has 0 aliphatic heterocycles. The van der Waals surface area contributed by atoms with Crippen molar-refractivity contribution in [2.75, 3.05) is 13.7 Å². The maximum Gasteiger partial charge on any atom is 0.416 e. The highest BCUT2D eigenvalue weighted by Gasteiger charge is 2.44. The summed E-state index contributed by atoms with van der Waals surface area (Å²) in [5, 5.41) is 2.95. The summed E-state index contributed by atoms with van der Waals surface area (Å²) in [6.45, 7) is 2.41. The van der Waals surface area contributed by atoms with Gasteiger partial charge in [-0.15, -0.1) is 0 Å². The van der Waals surface area contributed by atoms with Crippen LogP contribution in [0.5, 0.6) is 0 Å². The molecule has 3 nitrogen and oxygen atoms in total. The van der Waals surface area contributed by atoms with Gasteiger partial charge in [0.15, 0.2) is 0 Å². The van der Waals surface area contributed by atoms with Crippen molar-refractivity contribution in [2.45, 2.75) is 56.7 Å². The number of benzene rings is 1. The molecule has 1 N–H and O–H groups in total. The molecule has 1 saturated carbocycles. The molecular weight excluding hydrogens is 319 g/mol. The second-order valence-electron chi connectivity index (χ2n) is 6.52. The molecule has 1 aliphatic rings. The van der Waals surface area contributed by atoms with Crippen LogP contribution in [0.25, 0.3) is 0 Å². The maximum atomic E-state index is 13.0. The highest BCUT2D eigenvalue weighted by Crippen LogP contribution is 2.43. The number of alkyl halides is 3. The van der Waals surface area contributed by atoms with E-state index in [0.29, 0.717) is 31.4 Å². The molecule has 1 aromatic carbocycles. The average Bonchev–Trinajstić information content (AvgIpc) is 3.03. The van der Waals surface area contributed by atoms with Gasteiger partial charge < -0.3 is 10.1 Å². The highest BCUT2D eigenvalue weighted by atomic mass is 19.4. The smallest absolute Gasteiger partial charge is 0.385 e. The van der Waals surface area contributed by atoms with Crippen molar-refractivity contribution in [2.24, 2.45) is 0 Å². The second kappa shape index (κ2) is 7.55. The van der Waals surface area contributed by atoms with Crippen LogP contribution in [-0.2, 0) is 21.1 Å². The van der Waals surface area contributed by atoms with Gasteiger partial charge in [0.05, 0.1) is 11.0 Å². The fourth-order valence-electron chi connectivity index (χ4n) is 3.35. The summed E-state index contributed by atoms with van der Waals surface area (Å²) in [5.74, 6) is -0.178. The Bertz CT molecular complexity index is 566. The Morgan fingerprint density at radius 3 is 2.58 bits per heavy atom. The fraction of sp³-hybridized carbons (Fsp3) is 0.611. The fourth-order valence-corrected chi connectivity index (χ4v) is 3.35. The predicted molar refractivity (Wildman–Crippen MR) is 85.7 cm³/mol. The van der Waals surface area contributed by atoms with Crippen LogP contribution in [0.15, 0.2) is 24.3 Å². The molecule has 0 bridgehead atoms. The standard InChI is InChI=1S/C18H24F3NO2/c1-13(8-11-24-2)22-16(23)17(9-3-4-10-17)14-6-5-7-15(12-14)18(19,20)21/h5-7,12-13H,3-4,8-11H2,1-2H3,(H,22,23)/t13-/m0/s1. The lowest BCUT2D eigenvalue weighted by Crippen LogP contribution is -2.46. The first-order chi connectivity index (χ1) is 11.3. The van der Waals surface area contributed by atoms with E-state index in [0.717, 1.165) is 25.0 Å². The second-order valence-corrected chi connectivity index (χ2v) is 6.52. The monoisotopic (exact) mass is 343 g/mol. The zero-order valence-electron chi connectivity index (χ0n) is 14.1. The average molecular weight is 343 g/mol. The van der Waals surface area contributed by atoms with Gasteiger partial charge in [-0.2, -0.15) is 13.2 Å². The molecule has 0 heterocycles. The van der Waals surface area contributed by atoms with Gasteiger partial charge in [-0.25, -0.2) is 0 Å². The molecule has 0 radical (unpaired) electrons. The van der Waals surface area contributed by atoms with Crippen LogP contribution in [0.4, 0.5) is 13.2 Å². The minimum absolute atomic E-state index is 0.0827. The summed E-state index contributed by atoms with van der Waals surface area (Å²) in [6.07, 6.45) is -0.889. The van der Waals surface area contributed by atoms with Crippen LogP contribution in [0.3, 0.4) is 0 Å². The normalized spacial score (nSPS) is 18.4. The third kappa shape index (κ3) is 4.09. The van der Waals surface area contributed by atoms with Gasteiger partial charge in [-0.3, -0.25) is 4.79 Å². The summed E-state index contributed by atoms with van der Waals surface area (Å²) in [4.78, 5) is 12.9. The first-order valence-corrected chi connectivity index (χ1v) is 8.27. The van der Waals surface area contributed by atoms with Crippen LogP contribution < -0.4 is 5.32 Å². The molecule has 1 aliphatic carbocycles. The molecular formula is C18H24F3NO2. The van der Waals surface area contributed by atoms with E-state index in [-0.39, 0.29) is 11.9 Å². The van der Waals surface area contributed by atoms with E-state index >= 15 is 0 Å². The van der Waals surface area contributed by atoms with E-state index in [1.807, 2.05) is 6.92 Å². The van der Waals surface area contributed by atoms with Crippen LogP contribution >= 0.6 is 0 Å². The number of hydrogen-bond acceptors (Lipinski definition) is 2. The van der Waals surface area contributed by atoms with E-state index in [2.05, 4.69) is 5.32 Å². The van der Waals surface area contributed by atoms with Crippen molar-refractivity contribution in [1.82, 2.24) is 5.32 Å². The molecule has 0 spiro atoms. The molecule has 1 fully saturated rings. The Morgan fingerprint density at radius 1 is 1.33 bits per heavy atom. The van der Waals surface area contributed by atoms with Crippen molar-refractivity contribution in [3.05, 3.63) is 35.4 Å². The zero-order chi connectivity index (χ0) is 17.8. The molecule has 1 atom stereocenters. The van der Waals surface area contributed by atoms with E-state index in [9.17, 15) is 18.0 Å². The lowest BCUT2D eigenvalue weighted by molar-refractivity contribution is -0.138. The number of carbonyl (C=O) groups excluding carboxylic acids is 1. The summed E-state index contributed by atoms with van der Waals surface area (Å²) in [5.41, 5.74) is -1.10. The van der Waals surface area contributed by atoms with Gasteiger partial charge in [0, 0.05) is 19.8 Å².